The summed E-state index contributed by atoms with van der Waals surface area (Å²) < 4.78 is 5.12. The van der Waals surface area contributed by atoms with Gasteiger partial charge in [-0.15, -0.1) is 0 Å². The second-order valence-electron chi connectivity index (χ2n) is 2.62. The van der Waals surface area contributed by atoms with Crippen molar-refractivity contribution in [1.29, 1.82) is 0 Å². The second-order valence-corrected chi connectivity index (χ2v) is 3.37. The van der Waals surface area contributed by atoms with Crippen molar-refractivity contribution in [2.45, 2.75) is 0 Å². The van der Waals surface area contributed by atoms with Crippen LogP contribution in [0.5, 0.6) is 0 Å². The second kappa shape index (κ2) is 2.72. The Morgan fingerprint density at radius 2 is 1.69 bits per heavy atom. The van der Waals surface area contributed by atoms with Crippen LogP contribution in [0.3, 0.4) is 0 Å². The van der Waals surface area contributed by atoms with Gasteiger partial charge in [-0.2, -0.15) is 0 Å². The Labute approximate surface area is 84.2 Å². The average molecular weight is 217 g/mol. The molecular formula is C8H6Cl2N2O. The van der Waals surface area contributed by atoms with Crippen LogP contribution in [0, 0.1) is 0 Å². The molecule has 0 saturated heterocycles. The van der Waals surface area contributed by atoms with Gasteiger partial charge in [-0.05, 0) is 6.07 Å². The Balaban J connectivity index is 3.02. The van der Waals surface area contributed by atoms with Crippen LogP contribution in [0.25, 0.3) is 11.0 Å². The smallest absolute Gasteiger partial charge is 0.160 e. The molecule has 0 unspecified atom stereocenters. The molecular weight excluding hydrogens is 211 g/mol. The van der Waals surface area contributed by atoms with E-state index < -0.39 is 0 Å². The summed E-state index contributed by atoms with van der Waals surface area (Å²) in [6.45, 7) is 0. The molecule has 0 spiro atoms. The van der Waals surface area contributed by atoms with Gasteiger partial charge in [-0.3, -0.25) is 0 Å². The van der Waals surface area contributed by atoms with Gasteiger partial charge in [0.2, 0.25) is 0 Å². The number of anilines is 2. The Morgan fingerprint density at radius 1 is 1.08 bits per heavy atom. The number of halogens is 2. The summed E-state index contributed by atoms with van der Waals surface area (Å²) in [5.41, 5.74) is 12.6. The molecule has 4 N–H and O–H groups in total. The molecule has 0 radical (unpaired) electrons. The lowest BCUT2D eigenvalue weighted by molar-refractivity contribution is 0.617. The van der Waals surface area contributed by atoms with Crippen molar-refractivity contribution in [3.05, 3.63) is 22.4 Å². The van der Waals surface area contributed by atoms with Gasteiger partial charge in [0.25, 0.3) is 0 Å². The third-order valence-corrected chi connectivity index (χ3v) is 2.75. The van der Waals surface area contributed by atoms with E-state index in [1.165, 1.54) is 6.26 Å². The average Bonchev–Trinajstić information content (AvgIpc) is 2.59. The maximum atomic E-state index is 5.84. The number of fused-ring (bicyclic) bond motifs is 1. The van der Waals surface area contributed by atoms with E-state index >= 15 is 0 Å². The summed E-state index contributed by atoms with van der Waals surface area (Å²) in [5.74, 6) is 0. The summed E-state index contributed by atoms with van der Waals surface area (Å²) >= 11 is 11.7. The van der Waals surface area contributed by atoms with Gasteiger partial charge >= 0.3 is 0 Å². The van der Waals surface area contributed by atoms with Crippen molar-refractivity contribution in [2.75, 3.05) is 11.5 Å². The Bertz CT molecular complexity index is 436. The maximum Gasteiger partial charge on any atom is 0.160 e. The first-order chi connectivity index (χ1) is 6.13. The number of benzene rings is 1. The van der Waals surface area contributed by atoms with Crippen molar-refractivity contribution in [1.82, 2.24) is 0 Å². The zero-order valence-electron chi connectivity index (χ0n) is 6.47. The Morgan fingerprint density at radius 3 is 2.38 bits per heavy atom. The fraction of sp³-hybridized carbons (Fsp3) is 0. The van der Waals surface area contributed by atoms with Crippen LogP contribution in [0.4, 0.5) is 11.4 Å². The van der Waals surface area contributed by atoms with E-state index in [1.807, 2.05) is 0 Å². The van der Waals surface area contributed by atoms with Gasteiger partial charge in [-0.25, -0.2) is 0 Å². The molecule has 0 aliphatic rings. The maximum absolute atomic E-state index is 5.84. The summed E-state index contributed by atoms with van der Waals surface area (Å²) in [5, 5.41) is 1.20. The molecule has 5 heteroatoms. The monoisotopic (exact) mass is 216 g/mol. The summed E-state index contributed by atoms with van der Waals surface area (Å²) in [6.07, 6.45) is 1.49. The zero-order chi connectivity index (χ0) is 9.59. The van der Waals surface area contributed by atoms with Gasteiger partial charge in [0.15, 0.2) is 5.58 Å². The molecule has 0 bridgehead atoms. The summed E-state index contributed by atoms with van der Waals surface area (Å²) in [4.78, 5) is 0. The molecule has 1 aromatic carbocycles. The molecule has 13 heavy (non-hydrogen) atoms. The van der Waals surface area contributed by atoms with Crippen LogP contribution in [0.1, 0.15) is 0 Å². The van der Waals surface area contributed by atoms with Crippen LogP contribution in [-0.2, 0) is 0 Å². The molecule has 1 aromatic heterocycles. The summed E-state index contributed by atoms with van der Waals surface area (Å²) in [7, 11) is 0. The largest absolute Gasteiger partial charge is 0.462 e. The quantitative estimate of drug-likeness (QED) is 0.666. The topological polar surface area (TPSA) is 65.2 Å². The fourth-order valence-corrected chi connectivity index (χ4v) is 1.58. The number of rotatable bonds is 0. The molecule has 0 amide bonds. The molecule has 3 nitrogen and oxygen atoms in total. The molecule has 0 aliphatic carbocycles. The highest BCUT2D eigenvalue weighted by atomic mass is 35.5. The highest BCUT2D eigenvalue weighted by Gasteiger charge is 2.14. The van der Waals surface area contributed by atoms with Crippen LogP contribution >= 0.6 is 23.2 Å². The van der Waals surface area contributed by atoms with Gasteiger partial charge in [-0.1, -0.05) is 23.2 Å². The highest BCUT2D eigenvalue weighted by molar-refractivity contribution is 6.47. The van der Waals surface area contributed by atoms with Crippen LogP contribution in [0.2, 0.25) is 10.0 Å². The molecule has 0 saturated carbocycles. The molecule has 2 aromatic rings. The van der Waals surface area contributed by atoms with E-state index in [-0.39, 0.29) is 10.0 Å². The third-order valence-electron chi connectivity index (χ3n) is 1.87. The Kier molecular flexibility index (Phi) is 1.78. The minimum Gasteiger partial charge on any atom is -0.462 e. The van der Waals surface area contributed by atoms with Crippen LogP contribution in [0.15, 0.2) is 16.7 Å². The van der Waals surface area contributed by atoms with Crippen LogP contribution < -0.4 is 11.5 Å². The normalized spacial score (nSPS) is 10.9. The predicted molar refractivity (Wildman–Crippen MR) is 55.1 cm³/mol. The molecule has 0 aliphatic heterocycles. The lowest BCUT2D eigenvalue weighted by Crippen LogP contribution is -1.93. The molecule has 0 fully saturated rings. The number of furan rings is 1. The standard InChI is InChI=1S/C8H6Cl2N2O/c9-4-5(10)7(12)8-3(6(4)11)1-2-13-8/h1-2H,11-12H2. The minimum absolute atomic E-state index is 0.238. The van der Waals surface area contributed by atoms with Crippen molar-refractivity contribution in [3.63, 3.8) is 0 Å². The van der Waals surface area contributed by atoms with E-state index in [4.69, 9.17) is 39.1 Å². The van der Waals surface area contributed by atoms with Gasteiger partial charge in [0.05, 0.1) is 27.7 Å². The van der Waals surface area contributed by atoms with Gasteiger partial charge in [0, 0.05) is 5.39 Å². The van der Waals surface area contributed by atoms with Crippen molar-refractivity contribution < 1.29 is 4.42 Å². The fourth-order valence-electron chi connectivity index (χ4n) is 1.18. The van der Waals surface area contributed by atoms with Crippen molar-refractivity contribution in [2.24, 2.45) is 0 Å². The first kappa shape index (κ1) is 8.53. The van der Waals surface area contributed by atoms with E-state index in [0.717, 1.165) is 0 Å². The SMILES string of the molecule is Nc1c(Cl)c(Cl)c(N)c2occc12. The highest BCUT2D eigenvalue weighted by Crippen LogP contribution is 2.41. The van der Waals surface area contributed by atoms with Crippen LogP contribution in [-0.4, -0.2) is 0 Å². The number of nitrogen functional groups attached to an aromatic ring is 2. The third kappa shape index (κ3) is 1.04. The minimum atomic E-state index is 0.238. The predicted octanol–water partition coefficient (Wildman–Crippen LogP) is 2.90. The lowest BCUT2D eigenvalue weighted by Gasteiger charge is -2.05. The van der Waals surface area contributed by atoms with Gasteiger partial charge < -0.3 is 15.9 Å². The molecule has 68 valence electrons. The summed E-state index contributed by atoms with van der Waals surface area (Å²) in [6, 6.07) is 1.70. The first-order valence-corrected chi connectivity index (χ1v) is 4.27. The van der Waals surface area contributed by atoms with Crippen molar-refractivity contribution >= 4 is 45.5 Å². The lowest BCUT2D eigenvalue weighted by atomic mass is 10.2. The number of hydrogen-bond acceptors (Lipinski definition) is 3. The van der Waals surface area contributed by atoms with E-state index in [2.05, 4.69) is 0 Å². The van der Waals surface area contributed by atoms with Gasteiger partial charge in [0.1, 0.15) is 0 Å². The molecule has 2 rings (SSSR count). The molecule has 0 atom stereocenters. The van der Waals surface area contributed by atoms with E-state index in [1.54, 1.807) is 6.07 Å². The Hall–Kier alpha value is -1.06. The van der Waals surface area contributed by atoms with E-state index in [0.29, 0.717) is 22.3 Å². The zero-order valence-corrected chi connectivity index (χ0v) is 7.99. The number of nitrogens with two attached hydrogens (primary N) is 2. The first-order valence-electron chi connectivity index (χ1n) is 3.52. The number of hydrogen-bond donors (Lipinski definition) is 2. The van der Waals surface area contributed by atoms with Crippen molar-refractivity contribution in [3.8, 4) is 0 Å². The molecule has 1 heterocycles. The van der Waals surface area contributed by atoms with E-state index in [9.17, 15) is 0 Å².